The van der Waals surface area contributed by atoms with Gasteiger partial charge in [-0.3, -0.25) is 10.1 Å². The SMILES string of the molecule is Cc1cc(Nc2ccccc2CCO)c([N+](=O)[O-])cc1C. The van der Waals surface area contributed by atoms with Crippen molar-refractivity contribution >= 4 is 17.1 Å². The molecule has 0 aliphatic carbocycles. The van der Waals surface area contributed by atoms with E-state index in [0.717, 1.165) is 22.4 Å². The number of hydrogen-bond acceptors (Lipinski definition) is 4. The minimum absolute atomic E-state index is 0.0354. The van der Waals surface area contributed by atoms with Crippen LogP contribution in [-0.4, -0.2) is 16.6 Å². The van der Waals surface area contributed by atoms with Crippen molar-refractivity contribution in [2.24, 2.45) is 0 Å². The Labute approximate surface area is 123 Å². The van der Waals surface area contributed by atoms with Gasteiger partial charge in [-0.15, -0.1) is 0 Å². The van der Waals surface area contributed by atoms with Crippen LogP contribution in [0.4, 0.5) is 17.1 Å². The van der Waals surface area contributed by atoms with Gasteiger partial charge in [0.1, 0.15) is 5.69 Å². The number of nitro groups is 1. The molecule has 0 unspecified atom stereocenters. The van der Waals surface area contributed by atoms with Crippen molar-refractivity contribution in [3.05, 3.63) is 63.2 Å². The molecule has 0 fully saturated rings. The summed E-state index contributed by atoms with van der Waals surface area (Å²) < 4.78 is 0. The van der Waals surface area contributed by atoms with E-state index < -0.39 is 0 Å². The highest BCUT2D eigenvalue weighted by Crippen LogP contribution is 2.31. The summed E-state index contributed by atoms with van der Waals surface area (Å²) in [6, 6.07) is 10.8. The van der Waals surface area contributed by atoms with Gasteiger partial charge < -0.3 is 10.4 Å². The van der Waals surface area contributed by atoms with Crippen LogP contribution in [0, 0.1) is 24.0 Å². The lowest BCUT2D eigenvalue weighted by Gasteiger charge is -2.13. The smallest absolute Gasteiger partial charge is 0.292 e. The van der Waals surface area contributed by atoms with Gasteiger partial charge >= 0.3 is 0 Å². The Bertz CT molecular complexity index is 669. The van der Waals surface area contributed by atoms with Gasteiger partial charge in [-0.2, -0.15) is 0 Å². The van der Waals surface area contributed by atoms with Crippen LogP contribution in [0.3, 0.4) is 0 Å². The highest BCUT2D eigenvalue weighted by Gasteiger charge is 2.16. The summed E-state index contributed by atoms with van der Waals surface area (Å²) in [6.45, 7) is 3.81. The van der Waals surface area contributed by atoms with Crippen LogP contribution >= 0.6 is 0 Å². The molecule has 2 rings (SSSR count). The molecule has 0 radical (unpaired) electrons. The fourth-order valence-corrected chi connectivity index (χ4v) is 2.18. The van der Waals surface area contributed by atoms with Gasteiger partial charge in [0.25, 0.3) is 5.69 Å². The van der Waals surface area contributed by atoms with E-state index in [2.05, 4.69) is 5.32 Å². The molecule has 0 atom stereocenters. The number of rotatable bonds is 5. The Hall–Kier alpha value is -2.40. The number of anilines is 2. The molecule has 2 aromatic rings. The lowest BCUT2D eigenvalue weighted by molar-refractivity contribution is -0.384. The van der Waals surface area contributed by atoms with Gasteiger partial charge in [0, 0.05) is 18.4 Å². The molecule has 0 saturated heterocycles. The van der Waals surface area contributed by atoms with Crippen molar-refractivity contribution in [1.29, 1.82) is 0 Å². The molecule has 0 aliphatic rings. The zero-order chi connectivity index (χ0) is 15.4. The minimum atomic E-state index is -0.385. The standard InChI is InChI=1S/C16H18N2O3/c1-11-9-15(16(18(20)21)10-12(11)2)17-14-6-4-3-5-13(14)7-8-19/h3-6,9-10,17,19H,7-8H2,1-2H3. The molecule has 0 aromatic heterocycles. The van der Waals surface area contributed by atoms with E-state index >= 15 is 0 Å². The van der Waals surface area contributed by atoms with Crippen LogP contribution in [0.15, 0.2) is 36.4 Å². The normalized spacial score (nSPS) is 10.4. The van der Waals surface area contributed by atoms with Crippen molar-refractivity contribution in [2.45, 2.75) is 20.3 Å². The van der Waals surface area contributed by atoms with E-state index in [1.54, 1.807) is 12.1 Å². The van der Waals surface area contributed by atoms with Gasteiger partial charge in [0.2, 0.25) is 0 Å². The predicted octanol–water partition coefficient (Wildman–Crippen LogP) is 3.49. The molecule has 0 aliphatic heterocycles. The van der Waals surface area contributed by atoms with Gasteiger partial charge in [-0.25, -0.2) is 0 Å². The molecular formula is C16H18N2O3. The zero-order valence-corrected chi connectivity index (χ0v) is 12.1. The number of nitrogens with zero attached hydrogens (tertiary/aromatic N) is 1. The first-order valence-electron chi connectivity index (χ1n) is 6.74. The molecule has 5 heteroatoms. The van der Waals surface area contributed by atoms with Crippen molar-refractivity contribution in [3.8, 4) is 0 Å². The first-order valence-corrected chi connectivity index (χ1v) is 6.74. The average Bonchev–Trinajstić information content (AvgIpc) is 2.44. The predicted molar refractivity (Wildman–Crippen MR) is 83.1 cm³/mol. The van der Waals surface area contributed by atoms with Crippen LogP contribution in [0.1, 0.15) is 16.7 Å². The second-order valence-electron chi connectivity index (χ2n) is 4.97. The van der Waals surface area contributed by atoms with Crippen LogP contribution in [0.2, 0.25) is 0 Å². The fourth-order valence-electron chi connectivity index (χ4n) is 2.18. The first-order chi connectivity index (χ1) is 10.0. The molecule has 110 valence electrons. The molecule has 0 bridgehead atoms. The van der Waals surface area contributed by atoms with Crippen LogP contribution in [-0.2, 0) is 6.42 Å². The summed E-state index contributed by atoms with van der Waals surface area (Å²) in [5.74, 6) is 0. The van der Waals surface area contributed by atoms with Crippen LogP contribution < -0.4 is 5.32 Å². The largest absolute Gasteiger partial charge is 0.396 e. The van der Waals surface area contributed by atoms with Crippen molar-refractivity contribution in [1.82, 2.24) is 0 Å². The fraction of sp³-hybridized carbons (Fsp3) is 0.250. The summed E-state index contributed by atoms with van der Waals surface area (Å²) in [6.07, 6.45) is 0.502. The molecule has 2 N–H and O–H groups in total. The number of aryl methyl sites for hydroxylation is 2. The molecule has 0 amide bonds. The highest BCUT2D eigenvalue weighted by molar-refractivity contribution is 5.72. The summed E-state index contributed by atoms with van der Waals surface area (Å²) in [5, 5.41) is 23.4. The maximum absolute atomic E-state index is 11.2. The molecule has 5 nitrogen and oxygen atoms in total. The molecule has 2 aromatic carbocycles. The summed E-state index contributed by atoms with van der Waals surface area (Å²) in [5.41, 5.74) is 4.09. The van der Waals surface area contributed by atoms with E-state index in [1.165, 1.54) is 0 Å². The van der Waals surface area contributed by atoms with Crippen molar-refractivity contribution < 1.29 is 10.0 Å². The molecular weight excluding hydrogens is 268 g/mol. The third-order valence-electron chi connectivity index (χ3n) is 3.48. The van der Waals surface area contributed by atoms with Crippen LogP contribution in [0.25, 0.3) is 0 Å². The average molecular weight is 286 g/mol. The van der Waals surface area contributed by atoms with E-state index in [0.29, 0.717) is 12.1 Å². The second-order valence-corrected chi connectivity index (χ2v) is 4.97. The third-order valence-corrected chi connectivity index (χ3v) is 3.48. The molecule has 0 spiro atoms. The lowest BCUT2D eigenvalue weighted by Crippen LogP contribution is -2.02. The number of nitrogens with one attached hydrogen (secondary N) is 1. The topological polar surface area (TPSA) is 75.4 Å². The maximum atomic E-state index is 11.2. The Kier molecular flexibility index (Phi) is 4.55. The summed E-state index contributed by atoms with van der Waals surface area (Å²) >= 11 is 0. The molecule has 0 heterocycles. The van der Waals surface area contributed by atoms with Gasteiger partial charge in [0.05, 0.1) is 4.92 Å². The quantitative estimate of drug-likeness (QED) is 0.651. The summed E-state index contributed by atoms with van der Waals surface area (Å²) in [4.78, 5) is 10.8. The van der Waals surface area contributed by atoms with Crippen LogP contribution in [0.5, 0.6) is 0 Å². The number of para-hydroxylation sites is 1. The first kappa shape index (κ1) is 15.0. The monoisotopic (exact) mass is 286 g/mol. The number of hydrogen-bond donors (Lipinski definition) is 2. The van der Waals surface area contributed by atoms with Crippen molar-refractivity contribution in [2.75, 3.05) is 11.9 Å². The maximum Gasteiger partial charge on any atom is 0.292 e. The van der Waals surface area contributed by atoms with Gasteiger partial charge in [0.15, 0.2) is 0 Å². The van der Waals surface area contributed by atoms with E-state index in [1.807, 2.05) is 38.1 Å². The lowest BCUT2D eigenvalue weighted by atomic mass is 10.1. The second kappa shape index (κ2) is 6.37. The summed E-state index contributed by atoms with van der Waals surface area (Å²) in [7, 11) is 0. The molecule has 0 saturated carbocycles. The Morgan fingerprint density at radius 2 is 1.81 bits per heavy atom. The van der Waals surface area contributed by atoms with E-state index in [9.17, 15) is 10.1 Å². The number of nitro benzene ring substituents is 1. The third kappa shape index (κ3) is 3.38. The highest BCUT2D eigenvalue weighted by atomic mass is 16.6. The van der Waals surface area contributed by atoms with Gasteiger partial charge in [-0.05, 0) is 49.1 Å². The minimum Gasteiger partial charge on any atom is -0.396 e. The zero-order valence-electron chi connectivity index (χ0n) is 12.1. The number of aliphatic hydroxyl groups excluding tert-OH is 1. The number of benzene rings is 2. The Morgan fingerprint density at radius 3 is 2.48 bits per heavy atom. The molecule has 21 heavy (non-hydrogen) atoms. The Balaban J connectivity index is 2.44. The Morgan fingerprint density at radius 1 is 1.14 bits per heavy atom. The van der Waals surface area contributed by atoms with Gasteiger partial charge in [-0.1, -0.05) is 18.2 Å². The van der Waals surface area contributed by atoms with E-state index in [-0.39, 0.29) is 17.2 Å². The number of aliphatic hydroxyl groups is 1. The van der Waals surface area contributed by atoms with E-state index in [4.69, 9.17) is 5.11 Å². The van der Waals surface area contributed by atoms with Crippen molar-refractivity contribution in [3.63, 3.8) is 0 Å².